The molecule has 1 aliphatic rings. The second-order valence-corrected chi connectivity index (χ2v) is 5.66. The highest BCUT2D eigenvalue weighted by molar-refractivity contribution is 6.30. The van der Waals surface area contributed by atoms with Gasteiger partial charge in [-0.05, 0) is 36.0 Å². The molecule has 15 heavy (non-hydrogen) atoms. The first-order chi connectivity index (χ1) is 6.97. The molecule has 1 aromatic rings. The monoisotopic (exact) mass is 219 g/mol. The Morgan fingerprint density at radius 1 is 1.20 bits per heavy atom. The van der Waals surface area contributed by atoms with Crippen LogP contribution in [0.15, 0.2) is 24.3 Å². The second-order valence-electron chi connectivity index (χ2n) is 5.22. The first kappa shape index (κ1) is 10.5. The van der Waals surface area contributed by atoms with Gasteiger partial charge in [-0.2, -0.15) is 5.26 Å². The summed E-state index contributed by atoms with van der Waals surface area (Å²) < 4.78 is 0. The lowest BCUT2D eigenvalue weighted by molar-refractivity contribution is 0.0999. The van der Waals surface area contributed by atoms with E-state index < -0.39 is 0 Å². The number of rotatable bonds is 1. The van der Waals surface area contributed by atoms with Gasteiger partial charge in [0.05, 0.1) is 11.5 Å². The maximum absolute atomic E-state index is 9.31. The van der Waals surface area contributed by atoms with E-state index in [4.69, 9.17) is 11.6 Å². The molecule has 0 atom stereocenters. The van der Waals surface area contributed by atoms with E-state index in [1.807, 2.05) is 24.3 Å². The van der Waals surface area contributed by atoms with Gasteiger partial charge < -0.3 is 0 Å². The van der Waals surface area contributed by atoms with Gasteiger partial charge in [-0.15, -0.1) is 0 Å². The van der Waals surface area contributed by atoms with Gasteiger partial charge in [0.2, 0.25) is 0 Å². The molecule has 1 saturated carbocycles. The van der Waals surface area contributed by atoms with Crippen molar-refractivity contribution in [3.8, 4) is 6.07 Å². The minimum absolute atomic E-state index is 0.270. The highest BCUT2D eigenvalue weighted by atomic mass is 35.5. The minimum Gasteiger partial charge on any atom is -0.197 e. The molecule has 1 aromatic carbocycles. The van der Waals surface area contributed by atoms with Gasteiger partial charge in [0, 0.05) is 5.02 Å². The van der Waals surface area contributed by atoms with Gasteiger partial charge >= 0.3 is 0 Å². The summed E-state index contributed by atoms with van der Waals surface area (Å²) in [6, 6.07) is 10.1. The summed E-state index contributed by atoms with van der Waals surface area (Å²) in [6.07, 6.45) is 1.89. The van der Waals surface area contributed by atoms with Crippen molar-refractivity contribution in [2.45, 2.75) is 32.1 Å². The largest absolute Gasteiger partial charge is 0.197 e. The first-order valence-electron chi connectivity index (χ1n) is 5.15. The molecule has 2 rings (SSSR count). The van der Waals surface area contributed by atoms with E-state index in [9.17, 15) is 5.26 Å². The molecule has 0 aliphatic heterocycles. The maximum atomic E-state index is 9.31. The Kier molecular flexibility index (Phi) is 2.28. The molecule has 0 amide bonds. The highest BCUT2D eigenvalue weighted by Gasteiger charge is 2.50. The lowest BCUT2D eigenvalue weighted by Gasteiger charge is -2.49. The molecule has 2 heteroatoms. The standard InChI is InChI=1S/C13H14ClN/c1-12(2)7-13(8-12,9-15)10-3-5-11(14)6-4-10/h3-6H,7-8H2,1-2H3. The van der Waals surface area contributed by atoms with Crippen LogP contribution in [0.1, 0.15) is 32.3 Å². The van der Waals surface area contributed by atoms with Gasteiger partial charge in [0.25, 0.3) is 0 Å². The summed E-state index contributed by atoms with van der Waals surface area (Å²) in [7, 11) is 0. The zero-order chi connectivity index (χ0) is 11.1. The molecule has 0 spiro atoms. The van der Waals surface area contributed by atoms with Crippen molar-refractivity contribution >= 4 is 11.6 Å². The third-order valence-corrected chi connectivity index (χ3v) is 3.42. The predicted molar refractivity (Wildman–Crippen MR) is 61.8 cm³/mol. The Labute approximate surface area is 95.7 Å². The number of halogens is 1. The average molecular weight is 220 g/mol. The lowest BCUT2D eigenvalue weighted by atomic mass is 9.52. The van der Waals surface area contributed by atoms with Gasteiger partial charge in [0.1, 0.15) is 0 Å². The van der Waals surface area contributed by atoms with Crippen molar-refractivity contribution in [3.63, 3.8) is 0 Å². The number of hydrogen-bond donors (Lipinski definition) is 0. The number of nitriles is 1. The molecule has 0 heterocycles. The van der Waals surface area contributed by atoms with E-state index in [2.05, 4.69) is 19.9 Å². The van der Waals surface area contributed by atoms with Crippen LogP contribution in [-0.2, 0) is 5.41 Å². The number of nitrogens with zero attached hydrogens (tertiary/aromatic N) is 1. The fraction of sp³-hybridized carbons (Fsp3) is 0.462. The van der Waals surface area contributed by atoms with Crippen molar-refractivity contribution in [1.29, 1.82) is 5.26 Å². The summed E-state index contributed by atoms with van der Waals surface area (Å²) in [4.78, 5) is 0. The maximum Gasteiger partial charge on any atom is 0.0832 e. The number of benzene rings is 1. The first-order valence-corrected chi connectivity index (χ1v) is 5.53. The summed E-state index contributed by atoms with van der Waals surface area (Å²) in [5.74, 6) is 0. The molecule has 1 fully saturated rings. The molecule has 0 saturated heterocycles. The molecule has 0 aromatic heterocycles. The average Bonchev–Trinajstić information content (AvgIpc) is 2.14. The fourth-order valence-corrected chi connectivity index (χ4v) is 2.82. The topological polar surface area (TPSA) is 23.8 Å². The van der Waals surface area contributed by atoms with E-state index in [0.717, 1.165) is 23.4 Å². The molecule has 0 N–H and O–H groups in total. The van der Waals surface area contributed by atoms with Crippen molar-refractivity contribution in [2.75, 3.05) is 0 Å². The molecule has 1 aliphatic carbocycles. The van der Waals surface area contributed by atoms with E-state index in [-0.39, 0.29) is 5.41 Å². The van der Waals surface area contributed by atoms with Crippen molar-refractivity contribution in [1.82, 2.24) is 0 Å². The summed E-state index contributed by atoms with van der Waals surface area (Å²) in [5, 5.41) is 10.0. The van der Waals surface area contributed by atoms with E-state index in [1.54, 1.807) is 0 Å². The van der Waals surface area contributed by atoms with Crippen LogP contribution in [-0.4, -0.2) is 0 Å². The van der Waals surface area contributed by atoms with Crippen LogP contribution in [0, 0.1) is 16.7 Å². The van der Waals surface area contributed by atoms with Crippen molar-refractivity contribution in [2.24, 2.45) is 5.41 Å². The van der Waals surface area contributed by atoms with Crippen LogP contribution in [0.4, 0.5) is 0 Å². The molecule has 0 radical (unpaired) electrons. The van der Waals surface area contributed by atoms with E-state index >= 15 is 0 Å². The SMILES string of the molecule is CC1(C)CC(C#N)(c2ccc(Cl)cc2)C1. The molecule has 78 valence electrons. The zero-order valence-corrected chi connectivity index (χ0v) is 9.80. The third-order valence-electron chi connectivity index (χ3n) is 3.17. The predicted octanol–water partition coefficient (Wildman–Crippen LogP) is 3.92. The van der Waals surface area contributed by atoms with Gasteiger partial charge in [0.15, 0.2) is 0 Å². The van der Waals surface area contributed by atoms with Crippen LogP contribution in [0.3, 0.4) is 0 Å². The van der Waals surface area contributed by atoms with Crippen molar-refractivity contribution in [3.05, 3.63) is 34.9 Å². The molecular formula is C13H14ClN. The van der Waals surface area contributed by atoms with Crippen LogP contribution in [0.25, 0.3) is 0 Å². The van der Waals surface area contributed by atoms with Gasteiger partial charge in [-0.3, -0.25) is 0 Å². The van der Waals surface area contributed by atoms with Crippen LogP contribution >= 0.6 is 11.6 Å². The smallest absolute Gasteiger partial charge is 0.0832 e. The van der Waals surface area contributed by atoms with Gasteiger partial charge in [-0.1, -0.05) is 37.6 Å². The Balaban J connectivity index is 2.31. The quantitative estimate of drug-likeness (QED) is 0.702. The Morgan fingerprint density at radius 3 is 2.13 bits per heavy atom. The highest BCUT2D eigenvalue weighted by Crippen LogP contribution is 2.54. The Morgan fingerprint density at radius 2 is 1.73 bits per heavy atom. The molecule has 1 nitrogen and oxygen atoms in total. The van der Waals surface area contributed by atoms with Crippen LogP contribution in [0.2, 0.25) is 5.02 Å². The minimum atomic E-state index is -0.270. The molecule has 0 unspecified atom stereocenters. The van der Waals surface area contributed by atoms with Gasteiger partial charge in [-0.25, -0.2) is 0 Å². The second kappa shape index (κ2) is 3.25. The fourth-order valence-electron chi connectivity index (χ4n) is 2.70. The summed E-state index contributed by atoms with van der Waals surface area (Å²) in [5.41, 5.74) is 1.14. The zero-order valence-electron chi connectivity index (χ0n) is 9.05. The van der Waals surface area contributed by atoms with Crippen molar-refractivity contribution < 1.29 is 0 Å². The number of hydrogen-bond acceptors (Lipinski definition) is 1. The van der Waals surface area contributed by atoms with Crippen LogP contribution < -0.4 is 0 Å². The van der Waals surface area contributed by atoms with Crippen LogP contribution in [0.5, 0.6) is 0 Å². The third kappa shape index (κ3) is 1.75. The molecule has 0 bridgehead atoms. The Bertz CT molecular complexity index is 403. The van der Waals surface area contributed by atoms with E-state index in [1.165, 1.54) is 0 Å². The van der Waals surface area contributed by atoms with E-state index in [0.29, 0.717) is 5.41 Å². The lowest BCUT2D eigenvalue weighted by Crippen LogP contribution is -2.45. The normalized spacial score (nSPS) is 21.5. The summed E-state index contributed by atoms with van der Waals surface area (Å²) in [6.45, 7) is 4.41. The Hall–Kier alpha value is -1.00. The molecular weight excluding hydrogens is 206 g/mol. The summed E-state index contributed by atoms with van der Waals surface area (Å²) >= 11 is 5.84.